The molecule has 0 fully saturated rings. The van der Waals surface area contributed by atoms with Crippen molar-refractivity contribution >= 4 is 39.5 Å². The fourth-order valence-electron chi connectivity index (χ4n) is 3.50. The number of sulfonamides is 1. The van der Waals surface area contributed by atoms with Gasteiger partial charge in [-0.2, -0.15) is 0 Å². The van der Waals surface area contributed by atoms with Crippen LogP contribution in [0.3, 0.4) is 0 Å². The molecule has 0 spiro atoms. The van der Waals surface area contributed by atoms with E-state index in [0.29, 0.717) is 11.1 Å². The molecule has 0 saturated carbocycles. The summed E-state index contributed by atoms with van der Waals surface area (Å²) in [6.45, 7) is 1.53. The van der Waals surface area contributed by atoms with Gasteiger partial charge in [0.15, 0.2) is 0 Å². The monoisotopic (exact) mass is 507 g/mol. The molecule has 3 aromatic rings. The first-order valence-electron chi connectivity index (χ1n) is 10.8. The van der Waals surface area contributed by atoms with E-state index in [-0.39, 0.29) is 29.3 Å². The van der Waals surface area contributed by atoms with E-state index in [1.165, 1.54) is 36.4 Å². The molecule has 4 amide bonds. The van der Waals surface area contributed by atoms with Crippen LogP contribution in [0.4, 0.5) is 10.5 Å². The molecule has 0 bridgehead atoms. The van der Waals surface area contributed by atoms with Crippen molar-refractivity contribution in [3.05, 3.63) is 95.1 Å². The number of benzene rings is 3. The lowest BCUT2D eigenvalue weighted by atomic mass is 10.1. The van der Waals surface area contributed by atoms with Crippen molar-refractivity contribution in [3.63, 3.8) is 0 Å². The summed E-state index contributed by atoms with van der Waals surface area (Å²) in [7, 11) is -4.05. The Morgan fingerprint density at radius 1 is 0.861 bits per heavy atom. The molecule has 0 unspecified atom stereocenters. The molecule has 1 aliphatic rings. The maximum atomic E-state index is 12.3. The second-order valence-electron chi connectivity index (χ2n) is 7.89. The molecule has 0 atom stereocenters. The summed E-state index contributed by atoms with van der Waals surface area (Å²) in [6, 6.07) is 17.1. The molecule has 0 radical (unpaired) electrons. The highest BCUT2D eigenvalue weighted by atomic mass is 32.2. The molecule has 11 heteroatoms. The highest BCUT2D eigenvalue weighted by Crippen LogP contribution is 2.22. The largest absolute Gasteiger partial charge is 0.460 e. The smallest absolute Gasteiger partial charge is 0.338 e. The summed E-state index contributed by atoms with van der Waals surface area (Å²) >= 11 is 0. The number of ether oxygens (including phenoxy) is 1. The van der Waals surface area contributed by atoms with Crippen molar-refractivity contribution in [2.45, 2.75) is 11.8 Å². The highest BCUT2D eigenvalue weighted by Gasteiger charge is 2.34. The number of carbonyl (C=O) groups excluding carboxylic acids is 4. The van der Waals surface area contributed by atoms with Crippen LogP contribution in [0.2, 0.25) is 0 Å². The van der Waals surface area contributed by atoms with E-state index < -0.39 is 33.8 Å². The molecule has 2 N–H and O–H groups in total. The van der Waals surface area contributed by atoms with E-state index in [2.05, 4.69) is 5.32 Å². The molecule has 1 heterocycles. The van der Waals surface area contributed by atoms with Gasteiger partial charge in [0.05, 0.1) is 28.1 Å². The van der Waals surface area contributed by atoms with Gasteiger partial charge in [-0.1, -0.05) is 29.8 Å². The topological polar surface area (TPSA) is 139 Å². The molecular weight excluding hydrogens is 486 g/mol. The van der Waals surface area contributed by atoms with E-state index in [4.69, 9.17) is 4.74 Å². The minimum Gasteiger partial charge on any atom is -0.460 e. The normalized spacial score (nSPS) is 12.8. The molecule has 10 nitrogen and oxygen atoms in total. The van der Waals surface area contributed by atoms with Gasteiger partial charge in [0.1, 0.15) is 6.61 Å². The van der Waals surface area contributed by atoms with Crippen LogP contribution < -0.4 is 10.0 Å². The van der Waals surface area contributed by atoms with Crippen LogP contribution >= 0.6 is 0 Å². The quantitative estimate of drug-likeness (QED) is 0.370. The van der Waals surface area contributed by atoms with Gasteiger partial charge in [0.25, 0.3) is 21.8 Å². The molecule has 1 aliphatic heterocycles. The highest BCUT2D eigenvalue weighted by molar-refractivity contribution is 7.90. The van der Waals surface area contributed by atoms with Gasteiger partial charge < -0.3 is 10.1 Å². The molecule has 0 aliphatic carbocycles. The predicted molar refractivity (Wildman–Crippen MR) is 129 cm³/mol. The lowest BCUT2D eigenvalue weighted by molar-refractivity contribution is 0.0420. The Balaban J connectivity index is 1.28. The number of urea groups is 1. The summed E-state index contributed by atoms with van der Waals surface area (Å²) in [4.78, 5) is 50.1. The van der Waals surface area contributed by atoms with E-state index in [1.807, 2.05) is 11.6 Å². The van der Waals surface area contributed by atoms with Crippen molar-refractivity contribution < 1.29 is 32.3 Å². The third-order valence-electron chi connectivity index (χ3n) is 5.36. The lowest BCUT2D eigenvalue weighted by Gasteiger charge is -2.14. The third-order valence-corrected chi connectivity index (χ3v) is 6.71. The Labute approximate surface area is 206 Å². The molecule has 184 valence electrons. The van der Waals surface area contributed by atoms with Gasteiger partial charge in [0, 0.05) is 5.69 Å². The summed E-state index contributed by atoms with van der Waals surface area (Å²) in [6.07, 6.45) is 0. The predicted octanol–water partition coefficient (Wildman–Crippen LogP) is 2.96. The molecule has 4 rings (SSSR count). The van der Waals surface area contributed by atoms with E-state index in [1.54, 1.807) is 36.4 Å². The van der Waals surface area contributed by atoms with Gasteiger partial charge >= 0.3 is 12.0 Å². The molecule has 0 saturated heterocycles. The zero-order valence-electron chi connectivity index (χ0n) is 19.1. The maximum Gasteiger partial charge on any atom is 0.338 e. The average molecular weight is 508 g/mol. The third kappa shape index (κ3) is 5.26. The summed E-state index contributed by atoms with van der Waals surface area (Å²) in [5.41, 5.74) is 1.91. The maximum absolute atomic E-state index is 12.3. The number of rotatable bonds is 7. The number of imide groups is 1. The van der Waals surface area contributed by atoms with E-state index in [0.717, 1.165) is 10.5 Å². The number of hydrogen-bond donors (Lipinski definition) is 2. The van der Waals surface area contributed by atoms with Crippen LogP contribution in [0.1, 0.15) is 36.6 Å². The van der Waals surface area contributed by atoms with Crippen LogP contribution in [0.5, 0.6) is 0 Å². The first kappa shape index (κ1) is 24.6. The number of esters is 1. The number of anilines is 1. The zero-order valence-corrected chi connectivity index (χ0v) is 19.9. The summed E-state index contributed by atoms with van der Waals surface area (Å²) in [5.74, 6) is -1.57. The number of amides is 4. The van der Waals surface area contributed by atoms with Crippen molar-refractivity contribution in [1.82, 2.24) is 9.62 Å². The van der Waals surface area contributed by atoms with Crippen LogP contribution in [0.15, 0.2) is 77.7 Å². The Bertz CT molecular complexity index is 1410. The van der Waals surface area contributed by atoms with Crippen molar-refractivity contribution in [2.24, 2.45) is 0 Å². The SMILES string of the molecule is Cc1ccc(S(=O)(=O)NC(=O)Nc2ccc(C(=O)OCCN3C(=O)c4ccccc4C3=O)cc2)cc1. The van der Waals surface area contributed by atoms with Crippen LogP contribution in [-0.4, -0.2) is 50.3 Å². The lowest BCUT2D eigenvalue weighted by Crippen LogP contribution is -2.34. The Kier molecular flexibility index (Phi) is 6.84. The number of hydrogen-bond acceptors (Lipinski definition) is 7. The Morgan fingerprint density at radius 3 is 2.03 bits per heavy atom. The second-order valence-corrected chi connectivity index (χ2v) is 9.58. The fraction of sp³-hybridized carbons (Fsp3) is 0.120. The number of fused-ring (bicyclic) bond motifs is 1. The first-order valence-corrected chi connectivity index (χ1v) is 12.3. The van der Waals surface area contributed by atoms with Crippen LogP contribution in [0.25, 0.3) is 0 Å². The minimum atomic E-state index is -4.05. The van der Waals surface area contributed by atoms with Crippen LogP contribution in [-0.2, 0) is 14.8 Å². The van der Waals surface area contributed by atoms with Gasteiger partial charge in [-0.15, -0.1) is 0 Å². The average Bonchev–Trinajstić information content (AvgIpc) is 3.09. The summed E-state index contributed by atoms with van der Waals surface area (Å²) in [5, 5.41) is 2.38. The standard InChI is InChI=1S/C25H21N3O7S/c1-16-6-12-19(13-7-16)36(33,34)27-25(32)26-18-10-8-17(9-11-18)24(31)35-15-14-28-22(29)20-4-2-3-5-21(20)23(28)30/h2-13H,14-15H2,1H3,(H2,26,27,32). The van der Waals surface area contributed by atoms with Gasteiger partial charge in [-0.25, -0.2) is 22.7 Å². The molecule has 3 aromatic carbocycles. The Hall–Kier alpha value is -4.51. The summed E-state index contributed by atoms with van der Waals surface area (Å²) < 4.78 is 31.7. The van der Waals surface area contributed by atoms with E-state index >= 15 is 0 Å². The number of carbonyl (C=O) groups is 4. The molecule has 0 aromatic heterocycles. The van der Waals surface area contributed by atoms with Gasteiger partial charge in [-0.3, -0.25) is 14.5 Å². The van der Waals surface area contributed by atoms with Crippen LogP contribution in [0, 0.1) is 6.92 Å². The fourth-order valence-corrected chi connectivity index (χ4v) is 4.41. The minimum absolute atomic E-state index is 0.0532. The van der Waals surface area contributed by atoms with E-state index in [9.17, 15) is 27.6 Å². The molecule has 36 heavy (non-hydrogen) atoms. The van der Waals surface area contributed by atoms with Crippen molar-refractivity contribution in [2.75, 3.05) is 18.5 Å². The first-order chi connectivity index (χ1) is 17.2. The van der Waals surface area contributed by atoms with Gasteiger partial charge in [0.2, 0.25) is 0 Å². The number of nitrogens with zero attached hydrogens (tertiary/aromatic N) is 1. The van der Waals surface area contributed by atoms with Crippen molar-refractivity contribution in [1.29, 1.82) is 0 Å². The number of aryl methyl sites for hydroxylation is 1. The van der Waals surface area contributed by atoms with Crippen molar-refractivity contribution in [3.8, 4) is 0 Å². The molecular formula is C25H21N3O7S. The zero-order chi connectivity index (χ0) is 25.9. The van der Waals surface area contributed by atoms with Gasteiger partial charge in [-0.05, 0) is 55.5 Å². The Morgan fingerprint density at radius 2 is 1.44 bits per heavy atom. The number of nitrogens with one attached hydrogen (secondary N) is 2. The second kappa shape index (κ2) is 10.0.